The molecule has 3 heterocycles. The third-order valence-electron chi connectivity index (χ3n) is 4.48. The molecule has 4 rings (SSSR count). The second kappa shape index (κ2) is 6.31. The topological polar surface area (TPSA) is 53.9 Å². The second-order valence-corrected chi connectivity index (χ2v) is 5.98. The number of nitrogens with one attached hydrogen (secondary N) is 2. The predicted molar refractivity (Wildman–Crippen MR) is 92.0 cm³/mol. The van der Waals surface area contributed by atoms with Crippen LogP contribution in [-0.2, 0) is 6.42 Å². The van der Waals surface area contributed by atoms with Crippen LogP contribution in [0.3, 0.4) is 0 Å². The number of halogens is 1. The molecule has 0 spiro atoms. The van der Waals surface area contributed by atoms with Crippen LogP contribution < -0.4 is 5.32 Å². The van der Waals surface area contributed by atoms with Gasteiger partial charge < -0.3 is 14.7 Å². The smallest absolute Gasteiger partial charge is 0.195 e. The number of hydrogen-bond donors (Lipinski definition) is 2. The van der Waals surface area contributed by atoms with Crippen molar-refractivity contribution in [3.63, 3.8) is 0 Å². The summed E-state index contributed by atoms with van der Waals surface area (Å²) in [4.78, 5) is 8.16. The highest BCUT2D eigenvalue weighted by molar-refractivity contribution is 6.04. The van der Waals surface area contributed by atoms with Crippen molar-refractivity contribution < 1.29 is 4.42 Å². The zero-order valence-corrected chi connectivity index (χ0v) is 13.6. The maximum atomic E-state index is 5.89. The molecule has 118 valence electrons. The normalized spacial score (nSPS) is 18.7. The first-order chi connectivity index (χ1) is 10.4. The molecule has 1 fully saturated rings. The van der Waals surface area contributed by atoms with E-state index in [-0.39, 0.29) is 12.4 Å². The molecular formula is C17H22ClN3O. The van der Waals surface area contributed by atoms with Gasteiger partial charge in [-0.1, -0.05) is 6.92 Å². The van der Waals surface area contributed by atoms with Crippen molar-refractivity contribution >= 4 is 34.4 Å². The summed E-state index contributed by atoms with van der Waals surface area (Å²) in [6, 6.07) is 4.14. The minimum Gasteiger partial charge on any atom is -0.441 e. The lowest BCUT2D eigenvalue weighted by Crippen LogP contribution is -2.28. The molecule has 1 aromatic carbocycles. The SMILES string of the molecule is CCCc1nc2c(ccc3[nH]cc(C4CCCNC4)c32)o1.Cl. The highest BCUT2D eigenvalue weighted by Crippen LogP contribution is 2.34. The number of fused-ring (bicyclic) bond motifs is 3. The van der Waals surface area contributed by atoms with E-state index in [2.05, 4.69) is 29.5 Å². The summed E-state index contributed by atoms with van der Waals surface area (Å²) in [6.07, 6.45) is 6.61. The Balaban J connectivity index is 0.00000144. The Hall–Kier alpha value is -1.52. The molecule has 22 heavy (non-hydrogen) atoms. The number of rotatable bonds is 3. The average molecular weight is 320 g/mol. The molecule has 1 saturated heterocycles. The van der Waals surface area contributed by atoms with Crippen LogP contribution in [-0.4, -0.2) is 23.1 Å². The molecule has 5 heteroatoms. The van der Waals surface area contributed by atoms with Gasteiger partial charge in [0.05, 0.1) is 0 Å². The van der Waals surface area contributed by atoms with E-state index in [1.54, 1.807) is 0 Å². The number of oxazole rings is 1. The average Bonchev–Trinajstić information content (AvgIpc) is 3.11. The fourth-order valence-electron chi connectivity index (χ4n) is 3.44. The summed E-state index contributed by atoms with van der Waals surface area (Å²) in [5, 5.41) is 4.76. The fraction of sp³-hybridized carbons (Fsp3) is 0.471. The van der Waals surface area contributed by atoms with Crippen molar-refractivity contribution in [2.24, 2.45) is 0 Å². The van der Waals surface area contributed by atoms with Crippen LogP contribution in [0, 0.1) is 0 Å². The van der Waals surface area contributed by atoms with E-state index in [1.165, 1.54) is 29.3 Å². The Labute approximate surface area is 136 Å². The summed E-state index contributed by atoms with van der Waals surface area (Å²) in [5.41, 5.74) is 4.49. The highest BCUT2D eigenvalue weighted by atomic mass is 35.5. The number of hydrogen-bond acceptors (Lipinski definition) is 3. The van der Waals surface area contributed by atoms with Crippen molar-refractivity contribution in [1.29, 1.82) is 0 Å². The van der Waals surface area contributed by atoms with Gasteiger partial charge in [0, 0.05) is 30.1 Å². The number of aromatic amines is 1. The Bertz CT molecular complexity index is 771. The van der Waals surface area contributed by atoms with Crippen LogP contribution in [0.5, 0.6) is 0 Å². The number of benzene rings is 1. The van der Waals surface area contributed by atoms with Crippen LogP contribution in [0.4, 0.5) is 0 Å². The van der Waals surface area contributed by atoms with Crippen molar-refractivity contribution in [2.75, 3.05) is 13.1 Å². The third kappa shape index (κ3) is 2.50. The number of aryl methyl sites for hydroxylation is 1. The fourth-order valence-corrected chi connectivity index (χ4v) is 3.44. The molecule has 0 bridgehead atoms. The molecular weight excluding hydrogens is 298 g/mol. The lowest BCUT2D eigenvalue weighted by atomic mass is 9.91. The van der Waals surface area contributed by atoms with E-state index in [0.717, 1.165) is 42.9 Å². The Morgan fingerprint density at radius 1 is 1.36 bits per heavy atom. The first kappa shape index (κ1) is 15.4. The zero-order chi connectivity index (χ0) is 14.2. The molecule has 0 aliphatic carbocycles. The van der Waals surface area contributed by atoms with Gasteiger partial charge in [-0.25, -0.2) is 4.98 Å². The summed E-state index contributed by atoms with van der Waals surface area (Å²) >= 11 is 0. The van der Waals surface area contributed by atoms with Crippen molar-refractivity contribution in [1.82, 2.24) is 15.3 Å². The molecule has 1 aliphatic rings. The van der Waals surface area contributed by atoms with E-state index >= 15 is 0 Å². The Kier molecular flexibility index (Phi) is 4.41. The Morgan fingerprint density at radius 3 is 3.05 bits per heavy atom. The van der Waals surface area contributed by atoms with Gasteiger partial charge in [-0.05, 0) is 49.4 Å². The maximum absolute atomic E-state index is 5.89. The second-order valence-electron chi connectivity index (χ2n) is 5.98. The maximum Gasteiger partial charge on any atom is 0.195 e. The minimum atomic E-state index is 0. The van der Waals surface area contributed by atoms with Crippen molar-refractivity contribution in [3.05, 3.63) is 29.8 Å². The number of piperidine rings is 1. The Morgan fingerprint density at radius 2 is 2.27 bits per heavy atom. The molecule has 2 aromatic heterocycles. The van der Waals surface area contributed by atoms with E-state index in [4.69, 9.17) is 9.40 Å². The molecule has 2 N–H and O–H groups in total. The van der Waals surface area contributed by atoms with Gasteiger partial charge in [0.25, 0.3) is 0 Å². The largest absolute Gasteiger partial charge is 0.441 e. The molecule has 1 aliphatic heterocycles. The summed E-state index contributed by atoms with van der Waals surface area (Å²) in [5.74, 6) is 1.43. The van der Waals surface area contributed by atoms with Gasteiger partial charge >= 0.3 is 0 Å². The van der Waals surface area contributed by atoms with Crippen LogP contribution in [0.15, 0.2) is 22.7 Å². The lowest BCUT2D eigenvalue weighted by molar-refractivity contribution is 0.463. The highest BCUT2D eigenvalue weighted by Gasteiger charge is 2.21. The van der Waals surface area contributed by atoms with Crippen LogP contribution in [0.2, 0.25) is 0 Å². The first-order valence-electron chi connectivity index (χ1n) is 7.97. The van der Waals surface area contributed by atoms with E-state index < -0.39 is 0 Å². The van der Waals surface area contributed by atoms with Gasteiger partial charge in [-0.2, -0.15) is 0 Å². The monoisotopic (exact) mass is 319 g/mol. The van der Waals surface area contributed by atoms with Crippen LogP contribution in [0.1, 0.15) is 43.6 Å². The third-order valence-corrected chi connectivity index (χ3v) is 4.48. The number of nitrogens with zero attached hydrogens (tertiary/aromatic N) is 1. The van der Waals surface area contributed by atoms with Gasteiger partial charge in [0.15, 0.2) is 11.5 Å². The zero-order valence-electron chi connectivity index (χ0n) is 12.8. The van der Waals surface area contributed by atoms with Crippen molar-refractivity contribution in [2.45, 2.75) is 38.5 Å². The van der Waals surface area contributed by atoms with Crippen LogP contribution >= 0.6 is 12.4 Å². The van der Waals surface area contributed by atoms with E-state index in [9.17, 15) is 0 Å². The molecule has 0 amide bonds. The van der Waals surface area contributed by atoms with Gasteiger partial charge in [0.1, 0.15) is 5.52 Å². The molecule has 0 radical (unpaired) electrons. The molecule has 3 aromatic rings. The minimum absolute atomic E-state index is 0. The first-order valence-corrected chi connectivity index (χ1v) is 7.97. The lowest BCUT2D eigenvalue weighted by Gasteiger charge is -2.22. The molecule has 1 unspecified atom stereocenters. The molecule has 0 saturated carbocycles. The summed E-state index contributed by atoms with van der Waals surface area (Å²) in [6.45, 7) is 4.35. The van der Waals surface area contributed by atoms with Crippen LogP contribution in [0.25, 0.3) is 22.0 Å². The standard InChI is InChI=1S/C17H21N3O.ClH/c1-2-4-15-20-17-14(21-15)7-6-13-16(17)12(10-19-13)11-5-3-8-18-9-11;/h6-7,10-11,18-19H,2-5,8-9H2,1H3;1H. The molecule has 4 nitrogen and oxygen atoms in total. The number of H-pyrrole nitrogens is 1. The van der Waals surface area contributed by atoms with Gasteiger partial charge in [-0.3, -0.25) is 0 Å². The van der Waals surface area contributed by atoms with E-state index in [0.29, 0.717) is 5.92 Å². The summed E-state index contributed by atoms with van der Waals surface area (Å²) in [7, 11) is 0. The van der Waals surface area contributed by atoms with Gasteiger partial charge in [0.2, 0.25) is 0 Å². The van der Waals surface area contributed by atoms with Crippen molar-refractivity contribution in [3.8, 4) is 0 Å². The van der Waals surface area contributed by atoms with E-state index in [1.807, 2.05) is 6.07 Å². The summed E-state index contributed by atoms with van der Waals surface area (Å²) < 4.78 is 5.89. The van der Waals surface area contributed by atoms with Gasteiger partial charge in [-0.15, -0.1) is 12.4 Å². The molecule has 1 atom stereocenters. The number of aromatic nitrogens is 2. The predicted octanol–water partition coefficient (Wildman–Crippen LogP) is 4.15. The quantitative estimate of drug-likeness (QED) is 0.762.